The van der Waals surface area contributed by atoms with Gasteiger partial charge in [0, 0.05) is 26.2 Å². The molecule has 0 amide bonds. The molecule has 0 radical (unpaired) electrons. The highest BCUT2D eigenvalue weighted by molar-refractivity contribution is 5.10. The molecule has 0 saturated carbocycles. The van der Waals surface area contributed by atoms with E-state index < -0.39 is 0 Å². The monoisotopic (exact) mass is 251 g/mol. The van der Waals surface area contributed by atoms with E-state index in [0.717, 1.165) is 25.8 Å². The first-order chi connectivity index (χ1) is 8.74. The summed E-state index contributed by atoms with van der Waals surface area (Å²) in [4.78, 5) is 2.55. The Bertz CT molecular complexity index is 375. The molecule has 1 fully saturated rings. The van der Waals surface area contributed by atoms with Gasteiger partial charge in [-0.05, 0) is 44.7 Å². The number of aliphatic hydroxyl groups excluding tert-OH is 1. The summed E-state index contributed by atoms with van der Waals surface area (Å²) in [5, 5.41) is 13.5. The van der Waals surface area contributed by atoms with Crippen LogP contribution in [0.2, 0.25) is 0 Å². The molecule has 0 spiro atoms. The van der Waals surface area contributed by atoms with Crippen molar-refractivity contribution in [3.05, 3.63) is 17.5 Å². The van der Waals surface area contributed by atoms with E-state index in [1.165, 1.54) is 30.8 Å². The molecule has 1 saturated heterocycles. The van der Waals surface area contributed by atoms with Gasteiger partial charge in [-0.1, -0.05) is 6.92 Å². The second-order valence-corrected chi connectivity index (χ2v) is 5.24. The van der Waals surface area contributed by atoms with Crippen LogP contribution in [-0.4, -0.2) is 39.0 Å². The molecule has 2 heterocycles. The van der Waals surface area contributed by atoms with Gasteiger partial charge in [-0.15, -0.1) is 0 Å². The van der Waals surface area contributed by atoms with Gasteiger partial charge in [0.2, 0.25) is 0 Å². The maximum Gasteiger partial charge on any atom is 0.0625 e. The van der Waals surface area contributed by atoms with Crippen LogP contribution >= 0.6 is 0 Å². The molecule has 0 bridgehead atoms. The Morgan fingerprint density at radius 3 is 3.00 bits per heavy atom. The molecule has 4 nitrogen and oxygen atoms in total. The van der Waals surface area contributed by atoms with Gasteiger partial charge in [-0.3, -0.25) is 9.58 Å². The Hall–Kier alpha value is -0.870. The van der Waals surface area contributed by atoms with E-state index >= 15 is 0 Å². The average molecular weight is 251 g/mol. The van der Waals surface area contributed by atoms with Crippen LogP contribution in [0.4, 0.5) is 0 Å². The largest absolute Gasteiger partial charge is 0.396 e. The quantitative estimate of drug-likeness (QED) is 0.837. The molecule has 0 aliphatic carbocycles. The lowest BCUT2D eigenvalue weighted by Gasteiger charge is -2.24. The number of likely N-dealkylation sites (tertiary alicyclic amines) is 1. The fraction of sp³-hybridized carbons (Fsp3) is 0.786. The van der Waals surface area contributed by atoms with Crippen molar-refractivity contribution in [1.82, 2.24) is 14.7 Å². The van der Waals surface area contributed by atoms with Gasteiger partial charge in [0.15, 0.2) is 0 Å². The van der Waals surface area contributed by atoms with Crippen molar-refractivity contribution in [1.29, 1.82) is 0 Å². The maximum atomic E-state index is 8.95. The molecule has 1 aromatic rings. The zero-order valence-electron chi connectivity index (χ0n) is 11.6. The predicted molar refractivity (Wildman–Crippen MR) is 72.3 cm³/mol. The lowest BCUT2D eigenvalue weighted by molar-refractivity contribution is 0.206. The molecule has 1 unspecified atom stereocenters. The number of aryl methyl sites for hydroxylation is 2. The van der Waals surface area contributed by atoms with Gasteiger partial charge in [0.1, 0.15) is 0 Å². The number of hydrogen-bond acceptors (Lipinski definition) is 3. The molecule has 0 aromatic carbocycles. The third kappa shape index (κ3) is 3.12. The first-order valence-corrected chi connectivity index (χ1v) is 7.11. The molecule has 4 heteroatoms. The number of hydrogen-bond donors (Lipinski definition) is 1. The number of aliphatic hydroxyl groups is 1. The summed E-state index contributed by atoms with van der Waals surface area (Å²) in [6.07, 6.45) is 5.61. The second-order valence-electron chi connectivity index (χ2n) is 5.24. The standard InChI is InChI=1S/C14H25N3O/c1-3-12-10-14(16(2)15-12)11-17-8-4-6-13(17)7-5-9-18/h10,13,18H,3-9,11H2,1-2H3. The van der Waals surface area contributed by atoms with E-state index in [1.807, 2.05) is 11.7 Å². The molecule has 18 heavy (non-hydrogen) atoms. The van der Waals surface area contributed by atoms with Gasteiger partial charge in [-0.25, -0.2) is 0 Å². The predicted octanol–water partition coefficient (Wildman–Crippen LogP) is 1.72. The molecule has 1 aliphatic heterocycles. The first-order valence-electron chi connectivity index (χ1n) is 7.11. The zero-order valence-corrected chi connectivity index (χ0v) is 11.6. The minimum Gasteiger partial charge on any atom is -0.396 e. The van der Waals surface area contributed by atoms with E-state index in [1.54, 1.807) is 0 Å². The zero-order chi connectivity index (χ0) is 13.0. The Labute approximate surface area is 110 Å². The van der Waals surface area contributed by atoms with Crippen LogP contribution in [-0.2, 0) is 20.0 Å². The Morgan fingerprint density at radius 1 is 1.50 bits per heavy atom. The van der Waals surface area contributed by atoms with Crippen LogP contribution in [0.3, 0.4) is 0 Å². The van der Waals surface area contributed by atoms with Gasteiger partial charge < -0.3 is 5.11 Å². The van der Waals surface area contributed by atoms with Gasteiger partial charge in [-0.2, -0.15) is 5.10 Å². The van der Waals surface area contributed by atoms with Gasteiger partial charge >= 0.3 is 0 Å². The fourth-order valence-corrected chi connectivity index (χ4v) is 2.86. The van der Waals surface area contributed by atoms with E-state index in [4.69, 9.17) is 5.11 Å². The summed E-state index contributed by atoms with van der Waals surface area (Å²) >= 11 is 0. The third-order valence-corrected chi connectivity index (χ3v) is 3.95. The first kappa shape index (κ1) is 13.6. The highest BCUT2D eigenvalue weighted by Crippen LogP contribution is 2.23. The van der Waals surface area contributed by atoms with Crippen molar-refractivity contribution in [2.75, 3.05) is 13.2 Å². The van der Waals surface area contributed by atoms with Crippen molar-refractivity contribution in [2.24, 2.45) is 7.05 Å². The summed E-state index contributed by atoms with van der Waals surface area (Å²) in [5.41, 5.74) is 2.49. The van der Waals surface area contributed by atoms with Gasteiger partial charge in [0.05, 0.1) is 11.4 Å². The summed E-state index contributed by atoms with van der Waals surface area (Å²) < 4.78 is 2.01. The van der Waals surface area contributed by atoms with Gasteiger partial charge in [0.25, 0.3) is 0 Å². The topological polar surface area (TPSA) is 41.3 Å². The van der Waals surface area contributed by atoms with E-state index in [9.17, 15) is 0 Å². The SMILES string of the molecule is CCc1cc(CN2CCCC2CCCO)n(C)n1. The van der Waals surface area contributed by atoms with Crippen molar-refractivity contribution < 1.29 is 5.11 Å². The molecule has 1 N–H and O–H groups in total. The van der Waals surface area contributed by atoms with Crippen molar-refractivity contribution in [3.63, 3.8) is 0 Å². The normalized spacial score (nSPS) is 20.7. The molecule has 102 valence electrons. The molecule has 1 atom stereocenters. The van der Waals surface area contributed by atoms with E-state index in [2.05, 4.69) is 23.0 Å². The third-order valence-electron chi connectivity index (χ3n) is 3.95. The van der Waals surface area contributed by atoms with E-state index in [-0.39, 0.29) is 0 Å². The number of aromatic nitrogens is 2. The lowest BCUT2D eigenvalue weighted by atomic mass is 10.1. The Kier molecular flexibility index (Phi) is 4.78. The van der Waals surface area contributed by atoms with E-state index in [0.29, 0.717) is 12.6 Å². The van der Waals surface area contributed by atoms with Crippen LogP contribution in [0.25, 0.3) is 0 Å². The van der Waals surface area contributed by atoms with Crippen LogP contribution in [0.1, 0.15) is 44.0 Å². The average Bonchev–Trinajstić information content (AvgIpc) is 2.95. The molecular weight excluding hydrogens is 226 g/mol. The highest BCUT2D eigenvalue weighted by atomic mass is 16.2. The van der Waals surface area contributed by atoms with Crippen LogP contribution in [0.15, 0.2) is 6.07 Å². The molecule has 1 aliphatic rings. The van der Waals surface area contributed by atoms with Crippen LogP contribution in [0, 0.1) is 0 Å². The molecular formula is C14H25N3O. The smallest absolute Gasteiger partial charge is 0.0625 e. The van der Waals surface area contributed by atoms with Crippen LogP contribution in [0.5, 0.6) is 0 Å². The summed E-state index contributed by atoms with van der Waals surface area (Å²) in [6.45, 7) is 4.64. The Balaban J connectivity index is 1.96. The van der Waals surface area contributed by atoms with Crippen molar-refractivity contribution in [2.45, 2.75) is 51.6 Å². The lowest BCUT2D eigenvalue weighted by Crippen LogP contribution is -2.29. The highest BCUT2D eigenvalue weighted by Gasteiger charge is 2.24. The molecule has 1 aromatic heterocycles. The fourth-order valence-electron chi connectivity index (χ4n) is 2.86. The minimum atomic E-state index is 0.316. The maximum absolute atomic E-state index is 8.95. The van der Waals surface area contributed by atoms with Crippen LogP contribution < -0.4 is 0 Å². The van der Waals surface area contributed by atoms with Crippen molar-refractivity contribution in [3.8, 4) is 0 Å². The Morgan fingerprint density at radius 2 is 2.33 bits per heavy atom. The molecule has 2 rings (SSSR count). The summed E-state index contributed by atoms with van der Waals surface area (Å²) in [5.74, 6) is 0. The summed E-state index contributed by atoms with van der Waals surface area (Å²) in [6, 6.07) is 2.87. The van der Waals surface area contributed by atoms with Crippen molar-refractivity contribution >= 4 is 0 Å². The number of rotatable bonds is 6. The summed E-state index contributed by atoms with van der Waals surface area (Å²) in [7, 11) is 2.04. The second kappa shape index (κ2) is 6.34. The minimum absolute atomic E-state index is 0.316. The number of nitrogens with zero attached hydrogens (tertiary/aromatic N) is 3.